The lowest BCUT2D eigenvalue weighted by Crippen LogP contribution is -2.51. The number of hydrogen-bond donors (Lipinski definition) is 11. The minimum atomic E-state index is -1.88. The Hall–Kier alpha value is -1.42. The highest BCUT2D eigenvalue weighted by molar-refractivity contribution is 5.81. The van der Waals surface area contributed by atoms with Crippen molar-refractivity contribution < 1.29 is 35.1 Å². The van der Waals surface area contributed by atoms with E-state index in [1.807, 2.05) is 0 Å². The quantitative estimate of drug-likeness (QED) is 0.0322. The first-order valence-electron chi connectivity index (χ1n) is 21.0. The number of hydrogen-bond acceptors (Lipinski definition) is 11. The molecule has 0 aliphatic heterocycles. The van der Waals surface area contributed by atoms with E-state index in [1.165, 1.54) is 70.6 Å². The van der Waals surface area contributed by atoms with E-state index in [2.05, 4.69) is 21.3 Å². The van der Waals surface area contributed by atoms with E-state index in [0.29, 0.717) is 19.1 Å². The number of unbranched alkanes of at least 4 members (excludes halogenated alkanes) is 19. The molecule has 0 bridgehead atoms. The summed E-state index contributed by atoms with van der Waals surface area (Å²) in [5.41, 5.74) is 11.2. The summed E-state index contributed by atoms with van der Waals surface area (Å²) in [6, 6.07) is 0. The molecule has 0 rings (SSSR count). The Kier molecular flexibility index (Phi) is 36.8. The SMILES string of the molecule is NCCCCNC(CCCCCCNC(=O)CCCCCCCCCCCCCCCCCNC(=O)[C@H](O)[C@@H](O)[C@H](O)[C@H](O)CO)NCCCCN. The Balaban J connectivity index is 3.52. The molecule has 0 fully saturated rings. The van der Waals surface area contributed by atoms with Gasteiger partial charge in [0.1, 0.15) is 18.3 Å². The molecule has 0 saturated heterocycles. The molecule has 0 saturated carbocycles. The van der Waals surface area contributed by atoms with Gasteiger partial charge < -0.3 is 58.3 Å². The number of aliphatic hydroxyl groups excluding tert-OH is 5. The first-order valence-corrected chi connectivity index (χ1v) is 21.0. The molecular formula is C39H82N6O7. The number of nitrogens with two attached hydrogens (primary N) is 2. The van der Waals surface area contributed by atoms with Crippen molar-refractivity contribution >= 4 is 11.8 Å². The molecule has 0 radical (unpaired) electrons. The van der Waals surface area contributed by atoms with Gasteiger partial charge in [-0.15, -0.1) is 0 Å². The predicted molar refractivity (Wildman–Crippen MR) is 210 cm³/mol. The molecule has 0 spiro atoms. The second-order valence-corrected chi connectivity index (χ2v) is 14.5. The Labute approximate surface area is 316 Å². The van der Waals surface area contributed by atoms with Crippen LogP contribution in [0.5, 0.6) is 0 Å². The van der Waals surface area contributed by atoms with Crippen molar-refractivity contribution in [2.75, 3.05) is 45.9 Å². The van der Waals surface area contributed by atoms with Gasteiger partial charge in [-0.2, -0.15) is 0 Å². The monoisotopic (exact) mass is 747 g/mol. The summed E-state index contributed by atoms with van der Waals surface area (Å²) < 4.78 is 0. The number of amides is 2. The average molecular weight is 747 g/mol. The molecule has 310 valence electrons. The fraction of sp³-hybridized carbons (Fsp3) is 0.949. The van der Waals surface area contributed by atoms with Crippen molar-refractivity contribution in [3.63, 3.8) is 0 Å². The van der Waals surface area contributed by atoms with Crippen LogP contribution in [0.4, 0.5) is 0 Å². The first kappa shape index (κ1) is 50.6. The molecule has 0 aromatic rings. The van der Waals surface area contributed by atoms with Crippen LogP contribution in [0.15, 0.2) is 0 Å². The standard InChI is InChI=1S/C39H82N6O7/c40-26-18-22-28-42-34(43-29-23-19-27-41)24-16-13-15-20-30-44-35(48)25-17-12-10-8-6-4-2-1-3-5-7-9-11-14-21-31-45-39(52)38(51)37(50)36(49)33(47)32-46/h33-34,36-38,42-43,46-47,49-51H,1-32,40-41H2,(H,44,48)(H,45,52)/t33-,36-,37+,38-/m1/s1. The van der Waals surface area contributed by atoms with E-state index in [1.54, 1.807) is 0 Å². The van der Waals surface area contributed by atoms with Gasteiger partial charge >= 0.3 is 0 Å². The maximum absolute atomic E-state index is 12.2. The number of nitrogens with one attached hydrogen (secondary N) is 4. The van der Waals surface area contributed by atoms with Gasteiger partial charge in [0, 0.05) is 19.5 Å². The largest absolute Gasteiger partial charge is 0.394 e. The van der Waals surface area contributed by atoms with Crippen molar-refractivity contribution in [1.29, 1.82) is 0 Å². The van der Waals surface area contributed by atoms with Crippen molar-refractivity contribution in [3.8, 4) is 0 Å². The number of carbonyl (C=O) groups excluding carboxylic acids is 2. The third-order valence-electron chi connectivity index (χ3n) is 9.69. The van der Waals surface area contributed by atoms with E-state index in [0.717, 1.165) is 116 Å². The minimum absolute atomic E-state index is 0.196. The summed E-state index contributed by atoms with van der Waals surface area (Å²) in [4.78, 5) is 24.1. The van der Waals surface area contributed by atoms with Crippen LogP contribution in [0.25, 0.3) is 0 Å². The molecule has 2 amide bonds. The van der Waals surface area contributed by atoms with Crippen LogP contribution in [0.3, 0.4) is 0 Å². The third kappa shape index (κ3) is 31.0. The van der Waals surface area contributed by atoms with Crippen molar-refractivity contribution in [2.45, 2.75) is 191 Å². The first-order chi connectivity index (χ1) is 25.3. The summed E-state index contributed by atoms with van der Waals surface area (Å²) in [5.74, 6) is -0.614. The van der Waals surface area contributed by atoms with E-state index in [-0.39, 0.29) is 5.91 Å². The number of carbonyl (C=O) groups is 2. The van der Waals surface area contributed by atoms with Gasteiger partial charge in [-0.05, 0) is 77.5 Å². The molecule has 52 heavy (non-hydrogen) atoms. The molecule has 13 nitrogen and oxygen atoms in total. The highest BCUT2D eigenvalue weighted by Crippen LogP contribution is 2.14. The number of rotatable bonds is 40. The van der Waals surface area contributed by atoms with Crippen LogP contribution in [0.1, 0.15) is 161 Å². The molecule has 0 aliphatic carbocycles. The smallest absolute Gasteiger partial charge is 0.251 e. The molecular weight excluding hydrogens is 664 g/mol. The van der Waals surface area contributed by atoms with Crippen LogP contribution in [-0.4, -0.2) is 114 Å². The van der Waals surface area contributed by atoms with Crippen LogP contribution >= 0.6 is 0 Å². The lowest BCUT2D eigenvalue weighted by molar-refractivity contribution is -0.148. The Morgan fingerprint density at radius 1 is 0.481 bits per heavy atom. The zero-order valence-electron chi connectivity index (χ0n) is 32.7. The molecule has 0 aromatic carbocycles. The summed E-state index contributed by atoms with van der Waals surface area (Å²) in [5, 5.41) is 60.2. The average Bonchev–Trinajstić information content (AvgIpc) is 3.15. The maximum Gasteiger partial charge on any atom is 0.251 e. The molecule has 13 heteroatoms. The topological polar surface area (TPSA) is 235 Å². The van der Waals surface area contributed by atoms with Gasteiger partial charge in [0.25, 0.3) is 5.91 Å². The second kappa shape index (κ2) is 37.9. The maximum atomic E-state index is 12.2. The van der Waals surface area contributed by atoms with Gasteiger partial charge in [0.05, 0.1) is 12.8 Å². The summed E-state index contributed by atoms with van der Waals surface area (Å²) in [6.45, 7) is 3.86. The van der Waals surface area contributed by atoms with Crippen LogP contribution in [0, 0.1) is 0 Å². The Morgan fingerprint density at radius 2 is 0.885 bits per heavy atom. The molecule has 0 heterocycles. The zero-order chi connectivity index (χ0) is 38.5. The lowest BCUT2D eigenvalue weighted by Gasteiger charge is -2.24. The molecule has 0 unspecified atom stereocenters. The lowest BCUT2D eigenvalue weighted by atomic mass is 10.0. The van der Waals surface area contributed by atoms with Gasteiger partial charge in [-0.3, -0.25) is 9.59 Å². The van der Waals surface area contributed by atoms with E-state index >= 15 is 0 Å². The normalized spacial score (nSPS) is 14.0. The predicted octanol–water partition coefficient (Wildman–Crippen LogP) is 2.83. The molecule has 4 atom stereocenters. The van der Waals surface area contributed by atoms with Crippen LogP contribution in [0.2, 0.25) is 0 Å². The van der Waals surface area contributed by atoms with E-state index in [4.69, 9.17) is 16.6 Å². The van der Waals surface area contributed by atoms with Gasteiger partial charge in [-0.25, -0.2) is 0 Å². The summed E-state index contributed by atoms with van der Waals surface area (Å²) in [6.07, 6.45) is 21.2. The number of aliphatic hydroxyl groups is 5. The zero-order valence-corrected chi connectivity index (χ0v) is 32.7. The Bertz CT molecular complexity index is 788. The fourth-order valence-electron chi connectivity index (χ4n) is 6.21. The van der Waals surface area contributed by atoms with Crippen LogP contribution in [-0.2, 0) is 9.59 Å². The van der Waals surface area contributed by atoms with Crippen molar-refractivity contribution in [1.82, 2.24) is 21.3 Å². The highest BCUT2D eigenvalue weighted by Gasteiger charge is 2.33. The van der Waals surface area contributed by atoms with Gasteiger partial charge in [-0.1, -0.05) is 103 Å². The third-order valence-corrected chi connectivity index (χ3v) is 9.69. The molecule has 13 N–H and O–H groups in total. The van der Waals surface area contributed by atoms with E-state index < -0.39 is 36.9 Å². The Morgan fingerprint density at radius 3 is 1.35 bits per heavy atom. The minimum Gasteiger partial charge on any atom is -0.394 e. The van der Waals surface area contributed by atoms with Crippen molar-refractivity contribution in [2.24, 2.45) is 11.5 Å². The van der Waals surface area contributed by atoms with Gasteiger partial charge in [0.15, 0.2) is 6.10 Å². The van der Waals surface area contributed by atoms with Crippen LogP contribution < -0.4 is 32.7 Å². The van der Waals surface area contributed by atoms with Gasteiger partial charge in [0.2, 0.25) is 5.91 Å². The highest BCUT2D eigenvalue weighted by atomic mass is 16.4. The molecule has 0 aliphatic rings. The second-order valence-electron chi connectivity index (χ2n) is 14.5. The van der Waals surface area contributed by atoms with Crippen molar-refractivity contribution in [3.05, 3.63) is 0 Å². The molecule has 0 aromatic heterocycles. The van der Waals surface area contributed by atoms with E-state index in [9.17, 15) is 30.0 Å². The fourth-order valence-corrected chi connectivity index (χ4v) is 6.21. The summed E-state index contributed by atoms with van der Waals surface area (Å²) in [7, 11) is 0. The summed E-state index contributed by atoms with van der Waals surface area (Å²) >= 11 is 0.